The molecule has 0 aliphatic carbocycles. The van der Waals surface area contributed by atoms with Crippen molar-refractivity contribution in [2.45, 2.75) is 13.0 Å². The first kappa shape index (κ1) is 14.2. The van der Waals surface area contributed by atoms with Crippen molar-refractivity contribution in [3.63, 3.8) is 0 Å². The van der Waals surface area contributed by atoms with Crippen molar-refractivity contribution in [2.24, 2.45) is 5.73 Å². The van der Waals surface area contributed by atoms with Crippen molar-refractivity contribution in [1.29, 1.82) is 0 Å². The first-order valence-electron chi connectivity index (χ1n) is 6.35. The Labute approximate surface area is 128 Å². The molecule has 1 atom stereocenters. The predicted octanol–water partition coefficient (Wildman–Crippen LogP) is 4.83. The van der Waals surface area contributed by atoms with Crippen molar-refractivity contribution in [3.05, 3.63) is 69.4 Å². The van der Waals surface area contributed by atoms with E-state index in [4.69, 9.17) is 10.2 Å². The van der Waals surface area contributed by atoms with E-state index in [1.54, 1.807) is 6.07 Å². The molecule has 21 heavy (non-hydrogen) atoms. The number of fused-ring (bicyclic) bond motifs is 1. The summed E-state index contributed by atoms with van der Waals surface area (Å²) < 4.78 is 33.3. The minimum Gasteiger partial charge on any atom is -0.459 e. The fourth-order valence-electron chi connectivity index (χ4n) is 2.38. The lowest BCUT2D eigenvalue weighted by Crippen LogP contribution is -2.11. The Morgan fingerprint density at radius 2 is 1.71 bits per heavy atom. The molecule has 1 heterocycles. The third-order valence-electron chi connectivity index (χ3n) is 3.34. The number of halogens is 3. The molecule has 3 aromatic rings. The molecular weight excluding hydrogens is 340 g/mol. The van der Waals surface area contributed by atoms with Gasteiger partial charge in [-0.3, -0.25) is 0 Å². The van der Waals surface area contributed by atoms with Gasteiger partial charge in [0.2, 0.25) is 0 Å². The van der Waals surface area contributed by atoms with E-state index in [9.17, 15) is 8.78 Å². The van der Waals surface area contributed by atoms with Gasteiger partial charge in [0.1, 0.15) is 23.0 Å². The summed E-state index contributed by atoms with van der Waals surface area (Å²) in [7, 11) is 0. The van der Waals surface area contributed by atoms with Gasteiger partial charge in [-0.25, -0.2) is 8.78 Å². The van der Waals surface area contributed by atoms with Crippen LogP contribution >= 0.6 is 15.9 Å². The Morgan fingerprint density at radius 3 is 2.38 bits per heavy atom. The third-order valence-corrected chi connectivity index (χ3v) is 3.79. The fraction of sp³-hybridized carbons (Fsp3) is 0.125. The Balaban J connectivity index is 2.09. The molecule has 0 aliphatic heterocycles. The maximum Gasteiger partial charge on any atom is 0.137 e. The van der Waals surface area contributed by atoms with Gasteiger partial charge in [0, 0.05) is 15.9 Å². The second-order valence-electron chi connectivity index (χ2n) is 4.97. The lowest BCUT2D eigenvalue weighted by atomic mass is 10.0. The van der Waals surface area contributed by atoms with Crippen LogP contribution in [0.1, 0.15) is 22.9 Å². The van der Waals surface area contributed by atoms with E-state index in [0.717, 1.165) is 27.1 Å². The summed E-state index contributed by atoms with van der Waals surface area (Å²) in [6, 6.07) is 8.15. The molecule has 2 aromatic carbocycles. The van der Waals surface area contributed by atoms with Crippen LogP contribution in [-0.4, -0.2) is 0 Å². The summed E-state index contributed by atoms with van der Waals surface area (Å²) in [6.07, 6.45) is 0. The van der Waals surface area contributed by atoms with Gasteiger partial charge in [0.05, 0.1) is 6.04 Å². The van der Waals surface area contributed by atoms with Gasteiger partial charge in [-0.2, -0.15) is 0 Å². The Hall–Kier alpha value is -1.72. The number of furan rings is 1. The summed E-state index contributed by atoms with van der Waals surface area (Å²) >= 11 is 3.42. The van der Waals surface area contributed by atoms with Gasteiger partial charge in [-0.15, -0.1) is 0 Å². The summed E-state index contributed by atoms with van der Waals surface area (Å²) in [6.45, 7) is 1.92. The van der Waals surface area contributed by atoms with Gasteiger partial charge >= 0.3 is 0 Å². The SMILES string of the molecule is Cc1cc(Br)cc2cc(C(N)c3cc(F)cc(F)c3)oc12. The second kappa shape index (κ2) is 5.24. The molecule has 108 valence electrons. The van der Waals surface area contributed by atoms with Crippen molar-refractivity contribution < 1.29 is 13.2 Å². The molecule has 1 unspecified atom stereocenters. The summed E-state index contributed by atoms with van der Waals surface area (Å²) in [4.78, 5) is 0. The van der Waals surface area contributed by atoms with Crippen LogP contribution < -0.4 is 5.73 Å². The fourth-order valence-corrected chi connectivity index (χ4v) is 2.97. The number of hydrogen-bond donors (Lipinski definition) is 1. The minimum absolute atomic E-state index is 0.336. The zero-order chi connectivity index (χ0) is 15.1. The molecule has 2 nitrogen and oxygen atoms in total. The van der Waals surface area contributed by atoms with E-state index >= 15 is 0 Å². The maximum absolute atomic E-state index is 13.3. The summed E-state index contributed by atoms with van der Waals surface area (Å²) in [5.41, 5.74) is 8.09. The Morgan fingerprint density at radius 1 is 1.05 bits per heavy atom. The van der Waals surface area contributed by atoms with Crippen molar-refractivity contribution in [1.82, 2.24) is 0 Å². The van der Waals surface area contributed by atoms with E-state index in [0.29, 0.717) is 11.3 Å². The topological polar surface area (TPSA) is 39.2 Å². The average molecular weight is 352 g/mol. The Bertz CT molecular complexity index is 808. The molecule has 5 heteroatoms. The first-order valence-corrected chi connectivity index (χ1v) is 7.14. The number of benzene rings is 2. The van der Waals surface area contributed by atoms with Gasteiger partial charge in [0.15, 0.2) is 0 Å². The van der Waals surface area contributed by atoms with Crippen LogP contribution in [0.15, 0.2) is 45.3 Å². The van der Waals surface area contributed by atoms with Gasteiger partial charge in [-0.1, -0.05) is 15.9 Å². The minimum atomic E-state index is -0.722. The number of aryl methyl sites for hydroxylation is 1. The highest BCUT2D eigenvalue weighted by Gasteiger charge is 2.17. The van der Waals surface area contributed by atoms with E-state index in [2.05, 4.69) is 15.9 Å². The lowest BCUT2D eigenvalue weighted by Gasteiger charge is -2.09. The van der Waals surface area contributed by atoms with Crippen LogP contribution in [0, 0.1) is 18.6 Å². The quantitative estimate of drug-likeness (QED) is 0.718. The van der Waals surface area contributed by atoms with Crippen LogP contribution in [0.2, 0.25) is 0 Å². The highest BCUT2D eigenvalue weighted by atomic mass is 79.9. The molecular formula is C16H12BrF2NO. The predicted molar refractivity (Wildman–Crippen MR) is 81.0 cm³/mol. The second-order valence-corrected chi connectivity index (χ2v) is 5.89. The standard InChI is InChI=1S/C16H12BrF2NO/c1-8-2-11(17)3-10-6-14(21-16(8)10)15(20)9-4-12(18)7-13(19)5-9/h2-7,15H,20H2,1H3. The van der Waals surface area contributed by atoms with Crippen LogP contribution in [-0.2, 0) is 0 Å². The number of hydrogen-bond acceptors (Lipinski definition) is 2. The molecule has 2 N–H and O–H groups in total. The van der Waals surface area contributed by atoms with Gasteiger partial charge in [0.25, 0.3) is 0 Å². The van der Waals surface area contributed by atoms with Crippen molar-refractivity contribution in [2.75, 3.05) is 0 Å². The van der Waals surface area contributed by atoms with Crippen LogP contribution in [0.5, 0.6) is 0 Å². The van der Waals surface area contributed by atoms with E-state index in [-0.39, 0.29) is 0 Å². The average Bonchev–Trinajstić information content (AvgIpc) is 2.80. The summed E-state index contributed by atoms with van der Waals surface area (Å²) in [5, 5.41) is 0.893. The van der Waals surface area contributed by atoms with Crippen molar-refractivity contribution in [3.8, 4) is 0 Å². The van der Waals surface area contributed by atoms with Crippen LogP contribution in [0.4, 0.5) is 8.78 Å². The number of rotatable bonds is 2. The molecule has 0 radical (unpaired) electrons. The molecule has 0 bridgehead atoms. The monoisotopic (exact) mass is 351 g/mol. The maximum atomic E-state index is 13.3. The first-order chi connectivity index (χ1) is 9.94. The molecule has 0 spiro atoms. The molecule has 0 aliphatic rings. The highest BCUT2D eigenvalue weighted by molar-refractivity contribution is 9.10. The molecule has 0 saturated carbocycles. The third kappa shape index (κ3) is 2.71. The van der Waals surface area contributed by atoms with Crippen LogP contribution in [0.3, 0.4) is 0 Å². The molecule has 0 saturated heterocycles. The normalized spacial score (nSPS) is 12.8. The highest BCUT2D eigenvalue weighted by Crippen LogP contribution is 2.31. The van der Waals surface area contributed by atoms with E-state index < -0.39 is 17.7 Å². The molecule has 1 aromatic heterocycles. The largest absolute Gasteiger partial charge is 0.459 e. The van der Waals surface area contributed by atoms with Crippen LogP contribution in [0.25, 0.3) is 11.0 Å². The molecule has 0 amide bonds. The van der Waals surface area contributed by atoms with Gasteiger partial charge in [-0.05, 0) is 48.4 Å². The smallest absolute Gasteiger partial charge is 0.137 e. The van der Waals surface area contributed by atoms with E-state index in [1.807, 2.05) is 19.1 Å². The Kier molecular flexibility index (Phi) is 3.55. The lowest BCUT2D eigenvalue weighted by molar-refractivity contribution is 0.518. The molecule has 3 rings (SSSR count). The molecule has 0 fully saturated rings. The number of nitrogens with two attached hydrogens (primary N) is 1. The zero-order valence-corrected chi connectivity index (χ0v) is 12.7. The van der Waals surface area contributed by atoms with Gasteiger partial charge < -0.3 is 10.2 Å². The zero-order valence-electron chi connectivity index (χ0n) is 11.2. The van der Waals surface area contributed by atoms with Crippen molar-refractivity contribution >= 4 is 26.9 Å². The summed E-state index contributed by atoms with van der Waals surface area (Å²) in [5.74, 6) is -0.845. The van der Waals surface area contributed by atoms with E-state index in [1.165, 1.54) is 12.1 Å².